The van der Waals surface area contributed by atoms with Crippen LogP contribution in [0, 0.1) is 0 Å². The van der Waals surface area contributed by atoms with Crippen molar-refractivity contribution >= 4 is 28.5 Å². The number of nitrogens with zero attached hydrogens (tertiary/aromatic N) is 1. The van der Waals surface area contributed by atoms with E-state index in [4.69, 9.17) is 16.7 Å². The van der Waals surface area contributed by atoms with E-state index in [1.54, 1.807) is 30.3 Å². The van der Waals surface area contributed by atoms with Crippen LogP contribution in [0.5, 0.6) is 0 Å². The van der Waals surface area contributed by atoms with Crippen molar-refractivity contribution in [1.82, 2.24) is 4.98 Å². The second-order valence-corrected chi connectivity index (χ2v) is 4.78. The lowest BCUT2D eigenvalue weighted by Crippen LogP contribution is -1.95. The molecule has 1 aromatic heterocycles. The lowest BCUT2D eigenvalue weighted by Gasteiger charge is -2.07. The molecule has 0 fully saturated rings. The Kier molecular flexibility index (Phi) is 3.12. The molecule has 0 aliphatic carbocycles. The van der Waals surface area contributed by atoms with Crippen molar-refractivity contribution in [3.63, 3.8) is 0 Å². The summed E-state index contributed by atoms with van der Waals surface area (Å²) in [4.78, 5) is 15.2. The van der Waals surface area contributed by atoms with Gasteiger partial charge in [-0.3, -0.25) is 0 Å². The summed E-state index contributed by atoms with van der Waals surface area (Å²) >= 11 is 5.96. The standard InChI is InChI=1S/C16H10ClNO2/c17-14-9-8-11-2-1-3-13(15(11)18-14)10-4-6-12(7-5-10)16(19)20/h1-9H,(H,19,20). The molecule has 2 aromatic carbocycles. The molecule has 3 rings (SSSR count). The first-order chi connectivity index (χ1) is 9.65. The molecular weight excluding hydrogens is 274 g/mol. The predicted octanol–water partition coefficient (Wildman–Crippen LogP) is 4.25. The number of rotatable bonds is 2. The predicted molar refractivity (Wildman–Crippen MR) is 79.1 cm³/mol. The summed E-state index contributed by atoms with van der Waals surface area (Å²) in [5.74, 6) is -0.935. The van der Waals surface area contributed by atoms with Gasteiger partial charge in [0.2, 0.25) is 0 Å². The molecule has 20 heavy (non-hydrogen) atoms. The van der Waals surface area contributed by atoms with Crippen LogP contribution in [0.1, 0.15) is 10.4 Å². The number of pyridine rings is 1. The van der Waals surface area contributed by atoms with Crippen molar-refractivity contribution in [1.29, 1.82) is 0 Å². The number of carboxylic acid groups (broad SMARTS) is 1. The van der Waals surface area contributed by atoms with Crippen LogP contribution >= 0.6 is 11.6 Å². The van der Waals surface area contributed by atoms with Gasteiger partial charge >= 0.3 is 5.97 Å². The van der Waals surface area contributed by atoms with Gasteiger partial charge in [0.1, 0.15) is 5.15 Å². The number of carbonyl (C=O) groups is 1. The highest BCUT2D eigenvalue weighted by Crippen LogP contribution is 2.28. The first kappa shape index (κ1) is 12.6. The molecule has 4 heteroatoms. The van der Waals surface area contributed by atoms with E-state index in [1.165, 1.54) is 0 Å². The Balaban J connectivity index is 2.18. The highest BCUT2D eigenvalue weighted by Gasteiger charge is 2.07. The molecule has 0 saturated carbocycles. The lowest BCUT2D eigenvalue weighted by atomic mass is 10.0. The van der Waals surface area contributed by atoms with Crippen molar-refractivity contribution in [2.24, 2.45) is 0 Å². The number of halogens is 1. The highest BCUT2D eigenvalue weighted by atomic mass is 35.5. The summed E-state index contributed by atoms with van der Waals surface area (Å²) in [6.07, 6.45) is 0. The first-order valence-electron chi connectivity index (χ1n) is 6.04. The molecule has 0 atom stereocenters. The molecular formula is C16H10ClNO2. The molecule has 1 heterocycles. The van der Waals surface area contributed by atoms with Crippen molar-refractivity contribution in [2.45, 2.75) is 0 Å². The van der Waals surface area contributed by atoms with Crippen LogP contribution in [0.15, 0.2) is 54.6 Å². The maximum atomic E-state index is 10.9. The normalized spacial score (nSPS) is 10.7. The van der Waals surface area contributed by atoms with Crippen LogP contribution in [0.4, 0.5) is 0 Å². The fourth-order valence-electron chi connectivity index (χ4n) is 2.15. The Bertz CT molecular complexity index is 797. The van der Waals surface area contributed by atoms with E-state index in [2.05, 4.69) is 4.98 Å². The molecule has 0 radical (unpaired) electrons. The zero-order chi connectivity index (χ0) is 14.1. The van der Waals surface area contributed by atoms with Gasteiger partial charge in [0, 0.05) is 10.9 Å². The number of benzene rings is 2. The monoisotopic (exact) mass is 283 g/mol. The number of carboxylic acids is 1. The maximum absolute atomic E-state index is 10.9. The van der Waals surface area contributed by atoms with Gasteiger partial charge in [0.15, 0.2) is 0 Å². The van der Waals surface area contributed by atoms with Gasteiger partial charge in [-0.15, -0.1) is 0 Å². The fraction of sp³-hybridized carbons (Fsp3) is 0. The van der Waals surface area contributed by atoms with E-state index in [-0.39, 0.29) is 5.56 Å². The average Bonchev–Trinajstić information content (AvgIpc) is 2.46. The largest absolute Gasteiger partial charge is 0.478 e. The Morgan fingerprint density at radius 1 is 1.00 bits per heavy atom. The summed E-state index contributed by atoms with van der Waals surface area (Å²) in [6, 6.07) is 16.2. The minimum Gasteiger partial charge on any atom is -0.478 e. The first-order valence-corrected chi connectivity index (χ1v) is 6.42. The van der Waals surface area contributed by atoms with Crippen LogP contribution in [-0.4, -0.2) is 16.1 Å². The summed E-state index contributed by atoms with van der Waals surface area (Å²) in [5, 5.41) is 10.4. The fourth-order valence-corrected chi connectivity index (χ4v) is 2.30. The summed E-state index contributed by atoms with van der Waals surface area (Å²) < 4.78 is 0. The maximum Gasteiger partial charge on any atom is 0.335 e. The van der Waals surface area contributed by atoms with Crippen molar-refractivity contribution < 1.29 is 9.90 Å². The van der Waals surface area contributed by atoms with Crippen molar-refractivity contribution in [2.75, 3.05) is 0 Å². The number of hydrogen-bond acceptors (Lipinski definition) is 2. The van der Waals surface area contributed by atoms with Gasteiger partial charge in [-0.05, 0) is 29.8 Å². The lowest BCUT2D eigenvalue weighted by molar-refractivity contribution is 0.0697. The Morgan fingerprint density at radius 3 is 2.45 bits per heavy atom. The topological polar surface area (TPSA) is 50.2 Å². The Hall–Kier alpha value is -2.39. The number of aromatic nitrogens is 1. The zero-order valence-electron chi connectivity index (χ0n) is 10.4. The molecule has 0 spiro atoms. The zero-order valence-corrected chi connectivity index (χ0v) is 11.1. The van der Waals surface area contributed by atoms with Gasteiger partial charge in [-0.25, -0.2) is 9.78 Å². The minimum absolute atomic E-state index is 0.264. The summed E-state index contributed by atoms with van der Waals surface area (Å²) in [7, 11) is 0. The van der Waals surface area contributed by atoms with E-state index in [0.29, 0.717) is 5.15 Å². The minimum atomic E-state index is -0.935. The average molecular weight is 284 g/mol. The van der Waals surface area contributed by atoms with E-state index < -0.39 is 5.97 Å². The third-order valence-corrected chi connectivity index (χ3v) is 3.34. The van der Waals surface area contributed by atoms with Crippen molar-refractivity contribution in [3.8, 4) is 11.1 Å². The number of aromatic carboxylic acids is 1. The van der Waals surface area contributed by atoms with Crippen LogP contribution in [0.2, 0.25) is 5.15 Å². The Labute approximate surface area is 120 Å². The number of fused-ring (bicyclic) bond motifs is 1. The SMILES string of the molecule is O=C(O)c1ccc(-c2cccc3ccc(Cl)nc23)cc1. The molecule has 0 bridgehead atoms. The van der Waals surface area contributed by atoms with Crippen LogP contribution in [0.25, 0.3) is 22.0 Å². The van der Waals surface area contributed by atoms with E-state index in [0.717, 1.165) is 22.0 Å². The van der Waals surface area contributed by atoms with Gasteiger partial charge in [-0.2, -0.15) is 0 Å². The third-order valence-electron chi connectivity index (χ3n) is 3.13. The van der Waals surface area contributed by atoms with E-state index in [1.807, 2.05) is 24.3 Å². The van der Waals surface area contributed by atoms with Gasteiger partial charge in [0.25, 0.3) is 0 Å². The molecule has 3 aromatic rings. The molecule has 0 aliphatic heterocycles. The smallest absolute Gasteiger partial charge is 0.335 e. The van der Waals surface area contributed by atoms with E-state index in [9.17, 15) is 4.79 Å². The third kappa shape index (κ3) is 2.24. The number of hydrogen-bond donors (Lipinski definition) is 1. The van der Waals surface area contributed by atoms with Gasteiger partial charge in [-0.1, -0.05) is 41.9 Å². The second-order valence-electron chi connectivity index (χ2n) is 4.39. The van der Waals surface area contributed by atoms with Gasteiger partial charge in [0.05, 0.1) is 11.1 Å². The molecule has 3 nitrogen and oxygen atoms in total. The quantitative estimate of drug-likeness (QED) is 0.715. The van der Waals surface area contributed by atoms with Crippen LogP contribution < -0.4 is 0 Å². The number of para-hydroxylation sites is 1. The molecule has 0 aliphatic rings. The molecule has 0 saturated heterocycles. The molecule has 1 N–H and O–H groups in total. The Morgan fingerprint density at radius 2 is 1.75 bits per heavy atom. The summed E-state index contributed by atoms with van der Waals surface area (Å²) in [6.45, 7) is 0. The summed E-state index contributed by atoms with van der Waals surface area (Å²) in [5.41, 5.74) is 2.92. The van der Waals surface area contributed by atoms with Gasteiger partial charge < -0.3 is 5.11 Å². The van der Waals surface area contributed by atoms with Crippen LogP contribution in [-0.2, 0) is 0 Å². The van der Waals surface area contributed by atoms with E-state index >= 15 is 0 Å². The molecule has 0 amide bonds. The van der Waals surface area contributed by atoms with Crippen molar-refractivity contribution in [3.05, 3.63) is 65.3 Å². The molecule has 98 valence electrons. The second kappa shape index (κ2) is 4.94. The molecule has 0 unspecified atom stereocenters. The highest BCUT2D eigenvalue weighted by molar-refractivity contribution is 6.29. The van der Waals surface area contributed by atoms with Crippen LogP contribution in [0.3, 0.4) is 0 Å².